The van der Waals surface area contributed by atoms with Crippen LogP contribution in [-0.2, 0) is 6.18 Å². The van der Waals surface area contributed by atoms with E-state index >= 15 is 0 Å². The highest BCUT2D eigenvalue weighted by atomic mass is 19.4. The minimum Gasteiger partial charge on any atom is -0.243 e. The molecule has 0 fully saturated rings. The van der Waals surface area contributed by atoms with Gasteiger partial charge in [-0.1, -0.05) is 0 Å². The first-order valence-electron chi connectivity index (χ1n) is 3.81. The standard InChI is InChI=1S/C7H4F3N5/c8-7(9,10)6-5(1-11-2-13-6)15-4-12-3-14-15/h1-4H. The molecule has 0 bridgehead atoms. The Kier molecular flexibility index (Phi) is 2.10. The summed E-state index contributed by atoms with van der Waals surface area (Å²) in [4.78, 5) is 10.2. The van der Waals surface area contributed by atoms with Gasteiger partial charge in [0.25, 0.3) is 0 Å². The monoisotopic (exact) mass is 215 g/mol. The average Bonchev–Trinajstić information content (AvgIpc) is 2.69. The van der Waals surface area contributed by atoms with Gasteiger partial charge in [0.15, 0.2) is 5.69 Å². The number of alkyl halides is 3. The summed E-state index contributed by atoms with van der Waals surface area (Å²) in [6.07, 6.45) is -0.390. The summed E-state index contributed by atoms with van der Waals surface area (Å²) in [6.45, 7) is 0. The van der Waals surface area contributed by atoms with E-state index in [0.717, 1.165) is 29.9 Å². The number of hydrogen-bond donors (Lipinski definition) is 0. The molecule has 0 saturated carbocycles. The summed E-state index contributed by atoms with van der Waals surface area (Å²) in [6, 6.07) is 0. The van der Waals surface area contributed by atoms with E-state index in [-0.39, 0.29) is 5.69 Å². The summed E-state index contributed by atoms with van der Waals surface area (Å²) < 4.78 is 38.4. The first-order valence-corrected chi connectivity index (χ1v) is 3.81. The third kappa shape index (κ3) is 1.78. The SMILES string of the molecule is FC(F)(F)c1ncncc1-n1cncn1. The molecule has 0 spiro atoms. The van der Waals surface area contributed by atoms with Crippen LogP contribution in [0.4, 0.5) is 13.2 Å². The van der Waals surface area contributed by atoms with Crippen molar-refractivity contribution in [1.29, 1.82) is 0 Å². The molecule has 2 aromatic rings. The summed E-state index contributed by atoms with van der Waals surface area (Å²) in [5, 5.41) is 3.59. The first kappa shape index (κ1) is 9.56. The smallest absolute Gasteiger partial charge is 0.243 e. The maximum absolute atomic E-state index is 12.5. The van der Waals surface area contributed by atoms with Crippen LogP contribution in [-0.4, -0.2) is 24.7 Å². The van der Waals surface area contributed by atoms with Gasteiger partial charge in [-0.2, -0.15) is 18.3 Å². The Morgan fingerprint density at radius 3 is 2.53 bits per heavy atom. The van der Waals surface area contributed by atoms with Crippen LogP contribution in [0, 0.1) is 0 Å². The van der Waals surface area contributed by atoms with Gasteiger partial charge in [-0.3, -0.25) is 0 Å². The molecule has 2 rings (SSSR count). The largest absolute Gasteiger partial charge is 0.435 e. The summed E-state index contributed by atoms with van der Waals surface area (Å²) in [7, 11) is 0. The van der Waals surface area contributed by atoms with E-state index < -0.39 is 11.9 Å². The molecule has 2 aromatic heterocycles. The zero-order valence-corrected chi connectivity index (χ0v) is 7.18. The van der Waals surface area contributed by atoms with Crippen molar-refractivity contribution in [3.63, 3.8) is 0 Å². The van der Waals surface area contributed by atoms with E-state index in [9.17, 15) is 13.2 Å². The lowest BCUT2D eigenvalue weighted by Gasteiger charge is -2.09. The van der Waals surface area contributed by atoms with Gasteiger partial charge in [0, 0.05) is 0 Å². The van der Waals surface area contributed by atoms with Gasteiger partial charge in [0.1, 0.15) is 24.7 Å². The zero-order valence-electron chi connectivity index (χ0n) is 7.18. The Morgan fingerprint density at radius 1 is 1.13 bits per heavy atom. The van der Waals surface area contributed by atoms with E-state index in [0.29, 0.717) is 0 Å². The first-order chi connectivity index (χ1) is 7.09. The second kappa shape index (κ2) is 3.30. The predicted molar refractivity (Wildman–Crippen MR) is 42.0 cm³/mol. The van der Waals surface area contributed by atoms with E-state index in [1.54, 1.807) is 0 Å². The van der Waals surface area contributed by atoms with Gasteiger partial charge in [-0.15, -0.1) is 0 Å². The maximum atomic E-state index is 12.5. The number of halogens is 3. The molecule has 0 aliphatic carbocycles. The molecule has 0 aliphatic heterocycles. The van der Waals surface area contributed by atoms with Crippen molar-refractivity contribution in [3.8, 4) is 5.69 Å². The molecule has 0 aromatic carbocycles. The second-order valence-electron chi connectivity index (χ2n) is 2.59. The highest BCUT2D eigenvalue weighted by molar-refractivity contribution is 5.33. The number of aromatic nitrogens is 5. The van der Waals surface area contributed by atoms with Gasteiger partial charge >= 0.3 is 6.18 Å². The minimum atomic E-state index is -4.54. The van der Waals surface area contributed by atoms with Crippen LogP contribution in [0.1, 0.15) is 5.69 Å². The topological polar surface area (TPSA) is 56.5 Å². The van der Waals surface area contributed by atoms with Gasteiger partial charge in [-0.25, -0.2) is 19.6 Å². The van der Waals surface area contributed by atoms with Gasteiger partial charge < -0.3 is 0 Å². The third-order valence-corrected chi connectivity index (χ3v) is 1.63. The molecular weight excluding hydrogens is 211 g/mol. The van der Waals surface area contributed by atoms with Crippen LogP contribution in [0.25, 0.3) is 5.69 Å². The lowest BCUT2D eigenvalue weighted by atomic mass is 10.3. The Hall–Kier alpha value is -1.99. The minimum absolute atomic E-state index is 0.248. The van der Waals surface area contributed by atoms with E-state index in [2.05, 4.69) is 20.1 Å². The fourth-order valence-electron chi connectivity index (χ4n) is 1.04. The van der Waals surface area contributed by atoms with E-state index in [4.69, 9.17) is 0 Å². The van der Waals surface area contributed by atoms with Crippen molar-refractivity contribution < 1.29 is 13.2 Å². The molecule has 15 heavy (non-hydrogen) atoms. The Labute approximate surface area is 81.6 Å². The van der Waals surface area contributed by atoms with Crippen LogP contribution < -0.4 is 0 Å². The quantitative estimate of drug-likeness (QED) is 0.714. The average molecular weight is 215 g/mol. The fourth-order valence-corrected chi connectivity index (χ4v) is 1.04. The molecule has 0 amide bonds. The normalized spacial score (nSPS) is 11.7. The van der Waals surface area contributed by atoms with Gasteiger partial charge in [-0.05, 0) is 0 Å². The van der Waals surface area contributed by atoms with E-state index in [1.807, 2.05) is 0 Å². The molecule has 8 heteroatoms. The van der Waals surface area contributed by atoms with E-state index in [1.165, 1.54) is 0 Å². The molecule has 0 radical (unpaired) electrons. The van der Waals surface area contributed by atoms with Crippen molar-refractivity contribution in [2.24, 2.45) is 0 Å². The van der Waals surface area contributed by atoms with Crippen molar-refractivity contribution >= 4 is 0 Å². The fraction of sp³-hybridized carbons (Fsp3) is 0.143. The molecule has 0 atom stereocenters. The summed E-state index contributed by atoms with van der Waals surface area (Å²) in [5.41, 5.74) is -1.29. The van der Waals surface area contributed by atoms with Crippen LogP contribution in [0.15, 0.2) is 25.2 Å². The second-order valence-corrected chi connectivity index (χ2v) is 2.59. The lowest BCUT2D eigenvalue weighted by Crippen LogP contribution is -2.13. The molecular formula is C7H4F3N5. The summed E-state index contributed by atoms with van der Waals surface area (Å²) >= 11 is 0. The molecule has 0 unspecified atom stereocenters. The Morgan fingerprint density at radius 2 is 1.93 bits per heavy atom. The van der Waals surface area contributed by atoms with Crippen LogP contribution in [0.3, 0.4) is 0 Å². The predicted octanol–water partition coefficient (Wildman–Crippen LogP) is 1.08. The molecule has 2 heterocycles. The molecule has 0 aliphatic rings. The van der Waals surface area contributed by atoms with Crippen LogP contribution in [0.2, 0.25) is 0 Å². The van der Waals surface area contributed by atoms with Crippen molar-refractivity contribution in [2.45, 2.75) is 6.18 Å². The zero-order chi connectivity index (χ0) is 10.9. The van der Waals surface area contributed by atoms with Gasteiger partial charge in [0.2, 0.25) is 0 Å². The molecule has 0 N–H and O–H groups in total. The van der Waals surface area contributed by atoms with Crippen LogP contribution in [0.5, 0.6) is 0 Å². The van der Waals surface area contributed by atoms with Crippen molar-refractivity contribution in [1.82, 2.24) is 24.7 Å². The number of hydrogen-bond acceptors (Lipinski definition) is 4. The molecule has 5 nitrogen and oxygen atoms in total. The highest BCUT2D eigenvalue weighted by Gasteiger charge is 2.36. The highest BCUT2D eigenvalue weighted by Crippen LogP contribution is 2.30. The lowest BCUT2D eigenvalue weighted by molar-refractivity contribution is -0.141. The summed E-state index contributed by atoms with van der Waals surface area (Å²) in [5.74, 6) is 0. The van der Waals surface area contributed by atoms with Crippen molar-refractivity contribution in [2.75, 3.05) is 0 Å². The van der Waals surface area contributed by atoms with Gasteiger partial charge in [0.05, 0.1) is 6.20 Å². The Bertz CT molecular complexity index is 450. The molecule has 0 saturated heterocycles. The Balaban J connectivity index is 2.58. The molecule has 78 valence electrons. The number of nitrogens with zero attached hydrogens (tertiary/aromatic N) is 5. The van der Waals surface area contributed by atoms with Crippen LogP contribution >= 0.6 is 0 Å². The maximum Gasteiger partial charge on any atom is 0.435 e. The number of rotatable bonds is 1. The third-order valence-electron chi connectivity index (χ3n) is 1.63. The van der Waals surface area contributed by atoms with Crippen molar-refractivity contribution in [3.05, 3.63) is 30.9 Å².